The van der Waals surface area contributed by atoms with E-state index in [1.165, 1.54) is 20.0 Å². The topological polar surface area (TPSA) is 73.9 Å². The van der Waals surface area contributed by atoms with Gasteiger partial charge in [0.1, 0.15) is 5.75 Å². The number of ether oxygens (including phenoxy) is 3. The van der Waals surface area contributed by atoms with Gasteiger partial charge in [-0.15, -0.1) is 0 Å². The number of carbonyl (C=O) groups is 2. The Morgan fingerprint density at radius 1 is 1.24 bits per heavy atom. The predicted molar refractivity (Wildman–Crippen MR) is 78.7 cm³/mol. The zero-order valence-electron chi connectivity index (χ0n) is 11.7. The maximum atomic E-state index is 11.7. The van der Waals surface area contributed by atoms with Gasteiger partial charge in [-0.25, -0.2) is 9.59 Å². The highest BCUT2D eigenvalue weighted by molar-refractivity contribution is 9.10. The quantitative estimate of drug-likeness (QED) is 0.510. The lowest BCUT2D eigenvalue weighted by atomic mass is 10.2. The molecule has 0 amide bonds. The zero-order valence-corrected chi connectivity index (χ0v) is 13.3. The first-order valence-corrected chi connectivity index (χ1v) is 6.88. The van der Waals surface area contributed by atoms with Crippen molar-refractivity contribution in [3.63, 3.8) is 0 Å². The number of anilines is 1. The molecule has 1 aromatic rings. The van der Waals surface area contributed by atoms with Crippen LogP contribution in [-0.2, 0) is 19.1 Å². The summed E-state index contributed by atoms with van der Waals surface area (Å²) in [6.07, 6.45) is 1.26. The third-order valence-corrected chi connectivity index (χ3v) is 3.27. The van der Waals surface area contributed by atoms with Crippen molar-refractivity contribution in [1.29, 1.82) is 0 Å². The van der Waals surface area contributed by atoms with Crippen molar-refractivity contribution >= 4 is 33.6 Å². The highest BCUT2D eigenvalue weighted by atomic mass is 79.9. The van der Waals surface area contributed by atoms with Crippen LogP contribution in [0.15, 0.2) is 34.4 Å². The van der Waals surface area contributed by atoms with Crippen LogP contribution in [-0.4, -0.2) is 24.8 Å². The Bertz CT molecular complexity index is 602. The Kier molecular flexibility index (Phi) is 4.22. The molecular weight excluding hydrogens is 342 g/mol. The molecular formula is C14H14BrNO5. The molecule has 0 atom stereocenters. The molecule has 112 valence electrons. The number of nitrogens with one attached hydrogen (secondary N) is 1. The van der Waals surface area contributed by atoms with E-state index in [1.807, 2.05) is 0 Å². The normalized spacial score (nSPS) is 16.9. The molecule has 1 N–H and O–H groups in total. The first-order valence-electron chi connectivity index (χ1n) is 6.09. The summed E-state index contributed by atoms with van der Waals surface area (Å²) >= 11 is 3.34. The summed E-state index contributed by atoms with van der Waals surface area (Å²) < 4.78 is 15.8. The van der Waals surface area contributed by atoms with Crippen LogP contribution in [0.25, 0.3) is 0 Å². The molecule has 1 heterocycles. The van der Waals surface area contributed by atoms with Crippen LogP contribution >= 0.6 is 15.9 Å². The molecule has 1 fully saturated rings. The molecule has 0 radical (unpaired) electrons. The van der Waals surface area contributed by atoms with E-state index in [9.17, 15) is 9.59 Å². The third kappa shape index (κ3) is 3.55. The Morgan fingerprint density at radius 3 is 2.38 bits per heavy atom. The van der Waals surface area contributed by atoms with Crippen LogP contribution in [0.3, 0.4) is 0 Å². The summed E-state index contributed by atoms with van der Waals surface area (Å²) in [5.41, 5.74) is 0.474. The van der Waals surface area contributed by atoms with Crippen molar-refractivity contribution in [1.82, 2.24) is 0 Å². The van der Waals surface area contributed by atoms with Gasteiger partial charge < -0.3 is 19.5 Å². The molecule has 1 aliphatic rings. The van der Waals surface area contributed by atoms with E-state index >= 15 is 0 Å². The molecule has 0 bridgehead atoms. The second kappa shape index (κ2) is 5.77. The summed E-state index contributed by atoms with van der Waals surface area (Å²) in [5, 5.41) is 2.85. The van der Waals surface area contributed by atoms with Crippen molar-refractivity contribution in [2.45, 2.75) is 19.6 Å². The summed E-state index contributed by atoms with van der Waals surface area (Å²) in [6.45, 7) is 2.99. The average Bonchev–Trinajstić information content (AvgIpc) is 2.36. The number of halogens is 1. The van der Waals surface area contributed by atoms with Gasteiger partial charge >= 0.3 is 11.9 Å². The first-order chi connectivity index (χ1) is 9.82. The standard InChI is InChI=1S/C14H14BrNO5/c1-14(2)20-12(17)9(13(18)21-14)7-16-8-4-5-11(19-3)10(15)6-8/h4-7,16H,1-3H3. The number of cyclic esters (lactones) is 2. The Hall–Kier alpha value is -2.02. The molecule has 0 unspecified atom stereocenters. The molecule has 7 heteroatoms. The molecule has 0 aromatic heterocycles. The highest BCUT2D eigenvalue weighted by Crippen LogP contribution is 2.28. The molecule has 0 spiro atoms. The van der Waals surface area contributed by atoms with E-state index in [4.69, 9.17) is 14.2 Å². The average molecular weight is 356 g/mol. The lowest BCUT2D eigenvalue weighted by Gasteiger charge is -2.29. The molecule has 1 aliphatic heterocycles. The van der Waals surface area contributed by atoms with Crippen LogP contribution in [0.4, 0.5) is 5.69 Å². The molecule has 0 aliphatic carbocycles. The lowest BCUT2D eigenvalue weighted by Crippen LogP contribution is -2.42. The van der Waals surface area contributed by atoms with Gasteiger partial charge in [0.2, 0.25) is 0 Å². The zero-order chi connectivity index (χ0) is 15.6. The third-order valence-electron chi connectivity index (χ3n) is 2.65. The summed E-state index contributed by atoms with van der Waals surface area (Å²) in [4.78, 5) is 23.5. The predicted octanol–water partition coefficient (Wildman–Crippen LogP) is 2.59. The van der Waals surface area contributed by atoms with Crippen LogP contribution < -0.4 is 10.1 Å². The molecule has 2 rings (SSSR count). The largest absolute Gasteiger partial charge is 0.496 e. The lowest BCUT2D eigenvalue weighted by molar-refractivity contribution is -0.222. The second-order valence-electron chi connectivity index (χ2n) is 4.73. The van der Waals surface area contributed by atoms with Gasteiger partial charge in [-0.3, -0.25) is 0 Å². The fourth-order valence-corrected chi connectivity index (χ4v) is 2.23. The van der Waals surface area contributed by atoms with E-state index in [0.717, 1.165) is 4.47 Å². The highest BCUT2D eigenvalue weighted by Gasteiger charge is 2.38. The van der Waals surface area contributed by atoms with E-state index in [2.05, 4.69) is 21.2 Å². The van der Waals surface area contributed by atoms with E-state index in [-0.39, 0.29) is 5.57 Å². The van der Waals surface area contributed by atoms with Crippen molar-refractivity contribution in [2.24, 2.45) is 0 Å². The minimum atomic E-state index is -1.24. The van der Waals surface area contributed by atoms with Gasteiger partial charge in [0.15, 0.2) is 5.57 Å². The number of hydrogen-bond acceptors (Lipinski definition) is 6. The van der Waals surface area contributed by atoms with Gasteiger partial charge in [0.25, 0.3) is 5.79 Å². The Balaban J connectivity index is 2.16. The van der Waals surface area contributed by atoms with Gasteiger partial charge in [-0.1, -0.05) is 0 Å². The summed E-state index contributed by atoms with van der Waals surface area (Å²) in [5.74, 6) is -2.02. The number of methoxy groups -OCH3 is 1. The van der Waals surface area contributed by atoms with E-state index in [0.29, 0.717) is 11.4 Å². The number of hydrogen-bond donors (Lipinski definition) is 1. The van der Waals surface area contributed by atoms with Gasteiger partial charge in [0, 0.05) is 25.7 Å². The maximum absolute atomic E-state index is 11.7. The summed E-state index contributed by atoms with van der Waals surface area (Å²) in [7, 11) is 1.56. The minimum Gasteiger partial charge on any atom is -0.496 e. The van der Waals surface area contributed by atoms with Crippen molar-refractivity contribution in [2.75, 3.05) is 12.4 Å². The van der Waals surface area contributed by atoms with Gasteiger partial charge in [-0.2, -0.15) is 0 Å². The number of esters is 2. The Labute approximate surface area is 130 Å². The Morgan fingerprint density at radius 2 is 1.86 bits per heavy atom. The number of carbonyl (C=O) groups excluding carboxylic acids is 2. The van der Waals surface area contributed by atoms with Crippen molar-refractivity contribution in [3.05, 3.63) is 34.4 Å². The maximum Gasteiger partial charge on any atom is 0.350 e. The van der Waals surface area contributed by atoms with Crippen LogP contribution in [0.2, 0.25) is 0 Å². The van der Waals surface area contributed by atoms with E-state index in [1.54, 1.807) is 25.3 Å². The molecule has 1 saturated heterocycles. The van der Waals surface area contributed by atoms with Crippen LogP contribution in [0, 0.1) is 0 Å². The van der Waals surface area contributed by atoms with Crippen LogP contribution in [0.1, 0.15) is 13.8 Å². The molecule has 0 saturated carbocycles. The van der Waals surface area contributed by atoms with Gasteiger partial charge in [0.05, 0.1) is 11.6 Å². The van der Waals surface area contributed by atoms with Crippen molar-refractivity contribution < 1.29 is 23.8 Å². The van der Waals surface area contributed by atoms with Crippen LogP contribution in [0.5, 0.6) is 5.75 Å². The minimum absolute atomic E-state index is 0.193. The first kappa shape index (κ1) is 15.4. The van der Waals surface area contributed by atoms with Gasteiger partial charge in [-0.05, 0) is 34.1 Å². The summed E-state index contributed by atoms with van der Waals surface area (Å²) in [6, 6.07) is 5.23. The monoisotopic (exact) mass is 355 g/mol. The van der Waals surface area contributed by atoms with E-state index < -0.39 is 17.7 Å². The molecule has 6 nitrogen and oxygen atoms in total. The smallest absolute Gasteiger partial charge is 0.350 e. The molecule has 21 heavy (non-hydrogen) atoms. The SMILES string of the molecule is COc1ccc(NC=C2C(=O)OC(C)(C)OC2=O)cc1Br. The fraction of sp³-hybridized carbons (Fsp3) is 0.286. The number of rotatable bonds is 3. The van der Waals surface area contributed by atoms with Crippen molar-refractivity contribution in [3.8, 4) is 5.75 Å². The fourth-order valence-electron chi connectivity index (χ4n) is 1.69. The second-order valence-corrected chi connectivity index (χ2v) is 5.58. The molecule has 1 aromatic carbocycles. The number of benzene rings is 1.